The summed E-state index contributed by atoms with van der Waals surface area (Å²) in [6, 6.07) is 17.5. The quantitative estimate of drug-likeness (QED) is 0.662. The number of thiazole rings is 1. The predicted molar refractivity (Wildman–Crippen MR) is 112 cm³/mol. The number of carbonyl (C=O) groups is 1. The minimum Gasteiger partial charge on any atom is -0.497 e. The van der Waals surface area contributed by atoms with Crippen LogP contribution in [0.25, 0.3) is 11.3 Å². The number of nitrogens with zero attached hydrogens (tertiary/aromatic N) is 3. The van der Waals surface area contributed by atoms with Crippen LogP contribution in [0.4, 0.5) is 0 Å². The molecule has 5 nitrogen and oxygen atoms in total. The summed E-state index contributed by atoms with van der Waals surface area (Å²) in [5.74, 6) is 0.959. The summed E-state index contributed by atoms with van der Waals surface area (Å²) in [4.78, 5) is 21.7. The summed E-state index contributed by atoms with van der Waals surface area (Å²) in [5.41, 5.74) is 2.82. The molecule has 1 aliphatic rings. The van der Waals surface area contributed by atoms with Crippen LogP contribution in [0.2, 0.25) is 0 Å². The van der Waals surface area contributed by atoms with Crippen LogP contribution in [-0.2, 0) is 6.54 Å². The van der Waals surface area contributed by atoms with Crippen molar-refractivity contribution >= 4 is 17.2 Å². The molecule has 0 aliphatic carbocycles. The van der Waals surface area contributed by atoms with Crippen molar-refractivity contribution in [2.24, 2.45) is 0 Å². The third-order valence-electron chi connectivity index (χ3n) is 4.96. The van der Waals surface area contributed by atoms with E-state index >= 15 is 0 Å². The highest BCUT2D eigenvalue weighted by Crippen LogP contribution is 2.26. The average molecular weight is 394 g/mol. The van der Waals surface area contributed by atoms with Crippen LogP contribution in [0, 0.1) is 0 Å². The first-order valence-electron chi connectivity index (χ1n) is 9.38. The highest BCUT2D eigenvalue weighted by Gasteiger charge is 2.22. The van der Waals surface area contributed by atoms with Gasteiger partial charge in [0.25, 0.3) is 5.91 Å². The fourth-order valence-corrected chi connectivity index (χ4v) is 4.21. The molecule has 0 N–H and O–H groups in total. The summed E-state index contributed by atoms with van der Waals surface area (Å²) < 4.78 is 5.30. The van der Waals surface area contributed by atoms with Crippen molar-refractivity contribution in [3.63, 3.8) is 0 Å². The van der Waals surface area contributed by atoms with Gasteiger partial charge in [-0.1, -0.05) is 30.3 Å². The number of hydrogen-bond donors (Lipinski definition) is 0. The van der Waals surface area contributed by atoms with Gasteiger partial charge in [0.15, 0.2) is 0 Å². The van der Waals surface area contributed by atoms with E-state index in [4.69, 9.17) is 9.72 Å². The highest BCUT2D eigenvalue weighted by atomic mass is 32.1. The van der Waals surface area contributed by atoms with Gasteiger partial charge >= 0.3 is 0 Å². The van der Waals surface area contributed by atoms with Gasteiger partial charge in [-0.3, -0.25) is 9.69 Å². The molecule has 0 spiro atoms. The summed E-state index contributed by atoms with van der Waals surface area (Å²) in [7, 11) is 1.67. The van der Waals surface area contributed by atoms with Gasteiger partial charge in [-0.25, -0.2) is 4.98 Å². The Morgan fingerprint density at radius 2 is 1.86 bits per heavy atom. The van der Waals surface area contributed by atoms with E-state index in [0.717, 1.165) is 60.3 Å². The van der Waals surface area contributed by atoms with E-state index in [1.165, 1.54) is 0 Å². The Morgan fingerprint density at radius 3 is 2.61 bits per heavy atom. The SMILES string of the molecule is COc1cccc(-c2csc(CN3CCN(C(=O)c4ccccc4)CC3)n2)c1. The number of aromatic nitrogens is 1. The van der Waals surface area contributed by atoms with E-state index in [1.807, 2.05) is 53.4 Å². The summed E-state index contributed by atoms with van der Waals surface area (Å²) >= 11 is 1.68. The van der Waals surface area contributed by atoms with Gasteiger partial charge in [0, 0.05) is 42.7 Å². The molecule has 0 saturated carbocycles. The fraction of sp³-hybridized carbons (Fsp3) is 0.273. The second kappa shape index (κ2) is 8.54. The standard InChI is InChI=1S/C22H23N3O2S/c1-27-19-9-5-8-18(14-19)20-16-28-21(23-20)15-24-10-12-25(13-11-24)22(26)17-6-3-2-4-7-17/h2-9,14,16H,10-13,15H2,1H3. The van der Waals surface area contributed by atoms with Gasteiger partial charge in [0.05, 0.1) is 19.3 Å². The number of piperazine rings is 1. The van der Waals surface area contributed by atoms with Crippen molar-refractivity contribution in [1.29, 1.82) is 0 Å². The highest BCUT2D eigenvalue weighted by molar-refractivity contribution is 7.09. The number of hydrogen-bond acceptors (Lipinski definition) is 5. The van der Waals surface area contributed by atoms with E-state index in [1.54, 1.807) is 18.4 Å². The molecule has 2 heterocycles. The molecule has 0 bridgehead atoms. The van der Waals surface area contributed by atoms with E-state index in [2.05, 4.69) is 16.3 Å². The topological polar surface area (TPSA) is 45.7 Å². The van der Waals surface area contributed by atoms with Crippen molar-refractivity contribution in [1.82, 2.24) is 14.8 Å². The molecule has 0 radical (unpaired) electrons. The number of carbonyl (C=O) groups excluding carboxylic acids is 1. The Balaban J connectivity index is 1.34. The maximum absolute atomic E-state index is 12.6. The molecule has 6 heteroatoms. The van der Waals surface area contributed by atoms with Crippen LogP contribution in [0.5, 0.6) is 5.75 Å². The lowest BCUT2D eigenvalue weighted by atomic mass is 10.1. The van der Waals surface area contributed by atoms with Crippen molar-refractivity contribution in [2.45, 2.75) is 6.54 Å². The van der Waals surface area contributed by atoms with Crippen LogP contribution < -0.4 is 4.74 Å². The lowest BCUT2D eigenvalue weighted by Gasteiger charge is -2.34. The van der Waals surface area contributed by atoms with Crippen LogP contribution in [-0.4, -0.2) is 54.0 Å². The zero-order valence-corrected chi connectivity index (χ0v) is 16.7. The summed E-state index contributed by atoms with van der Waals surface area (Å²) in [5, 5.41) is 3.19. The van der Waals surface area contributed by atoms with Gasteiger partial charge in [-0.05, 0) is 24.3 Å². The molecule has 1 amide bonds. The van der Waals surface area contributed by atoms with Gasteiger partial charge < -0.3 is 9.64 Å². The maximum Gasteiger partial charge on any atom is 0.253 e. The predicted octanol–water partition coefficient (Wildman–Crippen LogP) is 3.78. The van der Waals surface area contributed by atoms with Gasteiger partial charge in [0.2, 0.25) is 0 Å². The van der Waals surface area contributed by atoms with Gasteiger partial charge in [0.1, 0.15) is 10.8 Å². The monoisotopic (exact) mass is 393 g/mol. The second-order valence-corrected chi connectivity index (χ2v) is 7.74. The minimum absolute atomic E-state index is 0.120. The number of rotatable bonds is 5. The third kappa shape index (κ3) is 4.24. The van der Waals surface area contributed by atoms with Crippen molar-refractivity contribution in [2.75, 3.05) is 33.3 Å². The normalized spacial score (nSPS) is 14.8. The molecule has 1 fully saturated rings. The number of benzene rings is 2. The molecular formula is C22H23N3O2S. The molecule has 1 aromatic heterocycles. The number of methoxy groups -OCH3 is 1. The lowest BCUT2D eigenvalue weighted by molar-refractivity contribution is 0.0628. The van der Waals surface area contributed by atoms with Crippen molar-refractivity contribution < 1.29 is 9.53 Å². The van der Waals surface area contributed by atoms with Crippen molar-refractivity contribution in [3.8, 4) is 17.0 Å². The molecule has 28 heavy (non-hydrogen) atoms. The number of amides is 1. The molecule has 1 saturated heterocycles. The summed E-state index contributed by atoms with van der Waals surface area (Å²) in [6.07, 6.45) is 0. The molecule has 4 rings (SSSR count). The molecule has 3 aromatic rings. The Bertz CT molecular complexity index is 934. The van der Waals surface area contributed by atoms with E-state index < -0.39 is 0 Å². The fourth-order valence-electron chi connectivity index (χ4n) is 3.36. The van der Waals surface area contributed by atoms with Gasteiger partial charge in [-0.2, -0.15) is 0 Å². The number of ether oxygens (including phenoxy) is 1. The minimum atomic E-state index is 0.120. The zero-order chi connectivity index (χ0) is 19.3. The van der Waals surface area contributed by atoms with E-state index in [-0.39, 0.29) is 5.91 Å². The first kappa shape index (κ1) is 18.7. The first-order valence-corrected chi connectivity index (χ1v) is 10.3. The Kier molecular flexibility index (Phi) is 5.69. The molecule has 1 aliphatic heterocycles. The second-order valence-electron chi connectivity index (χ2n) is 6.79. The Morgan fingerprint density at radius 1 is 1.07 bits per heavy atom. The van der Waals surface area contributed by atoms with Crippen molar-refractivity contribution in [3.05, 3.63) is 70.5 Å². The zero-order valence-electron chi connectivity index (χ0n) is 15.9. The van der Waals surface area contributed by atoms with E-state index in [0.29, 0.717) is 0 Å². The van der Waals surface area contributed by atoms with E-state index in [9.17, 15) is 4.79 Å². The van der Waals surface area contributed by atoms with Crippen LogP contribution in [0.3, 0.4) is 0 Å². The van der Waals surface area contributed by atoms with Crippen LogP contribution >= 0.6 is 11.3 Å². The molecule has 144 valence electrons. The molecule has 0 unspecified atom stereocenters. The lowest BCUT2D eigenvalue weighted by Crippen LogP contribution is -2.48. The molecular weight excluding hydrogens is 370 g/mol. The third-order valence-corrected chi connectivity index (χ3v) is 5.79. The van der Waals surface area contributed by atoms with Gasteiger partial charge in [-0.15, -0.1) is 11.3 Å². The first-order chi connectivity index (χ1) is 13.7. The van der Waals surface area contributed by atoms with Crippen LogP contribution in [0.15, 0.2) is 60.0 Å². The maximum atomic E-state index is 12.6. The summed E-state index contributed by atoms with van der Waals surface area (Å²) in [6.45, 7) is 4.06. The smallest absolute Gasteiger partial charge is 0.253 e. The van der Waals surface area contributed by atoms with Crippen LogP contribution in [0.1, 0.15) is 15.4 Å². The Labute approximate surface area is 169 Å². The largest absolute Gasteiger partial charge is 0.497 e. The molecule has 0 atom stereocenters. The Hall–Kier alpha value is -2.70. The molecule has 2 aromatic carbocycles. The average Bonchev–Trinajstić information content (AvgIpc) is 3.23.